The van der Waals surface area contributed by atoms with Crippen LogP contribution < -0.4 is 4.90 Å². The molecule has 0 aliphatic carbocycles. The van der Waals surface area contributed by atoms with Crippen molar-refractivity contribution in [2.75, 3.05) is 11.4 Å². The molecule has 48 heavy (non-hydrogen) atoms. The number of nitrogens with zero attached hydrogens (tertiary/aromatic N) is 3. The highest BCUT2D eigenvalue weighted by Gasteiger charge is 2.24. The lowest BCUT2D eigenvalue weighted by Gasteiger charge is -2.30. The quantitative estimate of drug-likeness (QED) is 0.159. The van der Waals surface area contributed by atoms with Gasteiger partial charge in [0.1, 0.15) is 5.65 Å². The van der Waals surface area contributed by atoms with Gasteiger partial charge in [-0.3, -0.25) is 9.78 Å². The van der Waals surface area contributed by atoms with E-state index >= 15 is 0 Å². The molecule has 0 radical (unpaired) electrons. The molecule has 238 valence electrons. The third kappa shape index (κ3) is 6.90. The number of amides is 1. The molecule has 6 heteroatoms. The molecule has 0 bridgehead atoms. The summed E-state index contributed by atoms with van der Waals surface area (Å²) in [6.45, 7) is 7.06. The standard InChI is InChI=1S/C42H38N4OS/c1-42(2,3)28-46(38(47)25-32-14-10-11-23-43-32)33-20-18-30(19-21-33)36-26-44-41-40(39(36)31-12-6-4-7-13-31)35-24-29(17-22-37(35)45-41)27-48-34-15-8-5-9-16-34/h4-24,26H,25,27-28H2,1-3H3,(H,44,45). The molecular weight excluding hydrogens is 609 g/mol. The van der Waals surface area contributed by atoms with E-state index in [4.69, 9.17) is 4.98 Å². The molecule has 0 saturated heterocycles. The molecule has 1 amide bonds. The minimum Gasteiger partial charge on any atom is -0.339 e. The third-order valence-electron chi connectivity index (χ3n) is 8.38. The number of rotatable bonds is 9. The van der Waals surface area contributed by atoms with Crippen LogP contribution in [0.1, 0.15) is 32.0 Å². The SMILES string of the molecule is CC(C)(C)CN(C(=O)Cc1ccccn1)c1ccc(-c2cnc3[nH]c4ccc(CSc5ccccc5)cc4c3c2-c2ccccc2)cc1. The highest BCUT2D eigenvalue weighted by atomic mass is 32.2. The molecule has 3 heterocycles. The minimum absolute atomic E-state index is 0.0319. The molecular formula is C42H38N4OS. The number of benzene rings is 4. The number of pyridine rings is 2. The summed E-state index contributed by atoms with van der Waals surface area (Å²) in [6.07, 6.45) is 3.96. The molecule has 7 rings (SSSR count). The number of anilines is 1. The van der Waals surface area contributed by atoms with E-state index in [1.165, 1.54) is 10.5 Å². The fourth-order valence-electron chi connectivity index (χ4n) is 6.17. The molecule has 1 N–H and O–H groups in total. The van der Waals surface area contributed by atoms with Crippen molar-refractivity contribution in [1.82, 2.24) is 15.0 Å². The second kappa shape index (κ2) is 13.5. The minimum atomic E-state index is -0.0817. The normalized spacial score (nSPS) is 11.6. The molecule has 3 aromatic heterocycles. The van der Waals surface area contributed by atoms with Crippen LogP contribution in [0, 0.1) is 5.41 Å². The zero-order valence-corrected chi connectivity index (χ0v) is 28.3. The van der Waals surface area contributed by atoms with E-state index in [0.717, 1.165) is 61.3 Å². The van der Waals surface area contributed by atoms with Crippen LogP contribution in [-0.2, 0) is 17.0 Å². The van der Waals surface area contributed by atoms with Crippen molar-refractivity contribution in [3.05, 3.63) is 145 Å². The van der Waals surface area contributed by atoms with Crippen molar-refractivity contribution in [3.63, 3.8) is 0 Å². The molecule has 0 saturated carbocycles. The molecule has 5 nitrogen and oxygen atoms in total. The molecule has 7 aromatic rings. The zero-order chi connectivity index (χ0) is 33.1. The van der Waals surface area contributed by atoms with Crippen molar-refractivity contribution >= 4 is 45.3 Å². The largest absolute Gasteiger partial charge is 0.339 e. The predicted octanol–water partition coefficient (Wildman–Crippen LogP) is 10.4. The van der Waals surface area contributed by atoms with E-state index in [1.807, 2.05) is 41.1 Å². The maximum Gasteiger partial charge on any atom is 0.233 e. The number of nitrogens with one attached hydrogen (secondary N) is 1. The summed E-state index contributed by atoms with van der Waals surface area (Å²) in [5, 5.41) is 2.28. The Labute approximate surface area is 286 Å². The first kappa shape index (κ1) is 31.4. The van der Waals surface area contributed by atoms with Crippen LogP contribution in [0.15, 0.2) is 139 Å². The Kier molecular flexibility index (Phi) is 8.83. The Balaban J connectivity index is 1.29. The van der Waals surface area contributed by atoms with E-state index < -0.39 is 0 Å². The van der Waals surface area contributed by atoms with Crippen molar-refractivity contribution in [2.24, 2.45) is 5.41 Å². The van der Waals surface area contributed by atoms with Crippen molar-refractivity contribution < 1.29 is 4.79 Å². The van der Waals surface area contributed by atoms with E-state index in [1.54, 1.807) is 6.20 Å². The fourth-order valence-corrected chi connectivity index (χ4v) is 7.03. The molecule has 0 spiro atoms. The summed E-state index contributed by atoms with van der Waals surface area (Å²) >= 11 is 1.84. The highest BCUT2D eigenvalue weighted by Crippen LogP contribution is 2.41. The predicted molar refractivity (Wildman–Crippen MR) is 200 cm³/mol. The van der Waals surface area contributed by atoms with Gasteiger partial charge in [0.2, 0.25) is 5.91 Å². The first-order valence-corrected chi connectivity index (χ1v) is 17.3. The van der Waals surface area contributed by atoms with Crippen LogP contribution in [-0.4, -0.2) is 27.4 Å². The second-order valence-corrected chi connectivity index (χ2v) is 14.4. The molecule has 0 unspecified atom stereocenters. The van der Waals surface area contributed by atoms with E-state index in [0.29, 0.717) is 6.54 Å². The van der Waals surface area contributed by atoms with E-state index in [2.05, 4.69) is 134 Å². The number of H-pyrrole nitrogens is 1. The number of hydrogen-bond acceptors (Lipinski definition) is 4. The highest BCUT2D eigenvalue weighted by molar-refractivity contribution is 7.98. The Morgan fingerprint density at radius 2 is 1.52 bits per heavy atom. The number of carbonyl (C=O) groups is 1. The summed E-state index contributed by atoms with van der Waals surface area (Å²) in [6, 6.07) is 41.8. The van der Waals surface area contributed by atoms with Crippen LogP contribution in [0.3, 0.4) is 0 Å². The van der Waals surface area contributed by atoms with E-state index in [-0.39, 0.29) is 17.7 Å². The average Bonchev–Trinajstić information content (AvgIpc) is 3.48. The van der Waals surface area contributed by atoms with Gasteiger partial charge >= 0.3 is 0 Å². The van der Waals surface area contributed by atoms with Gasteiger partial charge in [-0.15, -0.1) is 11.8 Å². The maximum atomic E-state index is 13.7. The number of thioether (sulfide) groups is 1. The topological polar surface area (TPSA) is 61.9 Å². The first-order chi connectivity index (χ1) is 23.3. The number of aromatic amines is 1. The summed E-state index contributed by atoms with van der Waals surface area (Å²) in [7, 11) is 0. The lowest BCUT2D eigenvalue weighted by molar-refractivity contribution is -0.118. The van der Waals surface area contributed by atoms with Crippen molar-refractivity contribution in [1.29, 1.82) is 0 Å². The first-order valence-electron chi connectivity index (χ1n) is 16.3. The Hall–Kier alpha value is -5.20. The summed E-state index contributed by atoms with van der Waals surface area (Å²) in [5.74, 6) is 0.913. The van der Waals surface area contributed by atoms with E-state index in [9.17, 15) is 4.79 Å². The van der Waals surface area contributed by atoms with Crippen LogP contribution in [0.4, 0.5) is 5.69 Å². The van der Waals surface area contributed by atoms with Crippen LogP contribution in [0.5, 0.6) is 0 Å². The second-order valence-electron chi connectivity index (χ2n) is 13.3. The number of hydrogen-bond donors (Lipinski definition) is 1. The lowest BCUT2D eigenvalue weighted by Crippen LogP contribution is -2.39. The lowest BCUT2D eigenvalue weighted by atomic mass is 9.92. The van der Waals surface area contributed by atoms with Crippen LogP contribution >= 0.6 is 11.8 Å². The van der Waals surface area contributed by atoms with Gasteiger partial charge in [-0.05, 0) is 70.6 Å². The average molecular weight is 647 g/mol. The van der Waals surface area contributed by atoms with Crippen molar-refractivity contribution in [3.8, 4) is 22.3 Å². The molecule has 0 fully saturated rings. The summed E-state index contributed by atoms with van der Waals surface area (Å²) in [4.78, 5) is 29.7. The maximum absolute atomic E-state index is 13.7. The van der Waals surface area contributed by atoms with Gasteiger partial charge in [0, 0.05) is 68.4 Å². The monoisotopic (exact) mass is 646 g/mol. The van der Waals surface area contributed by atoms with Crippen LogP contribution in [0.2, 0.25) is 0 Å². The fraction of sp³-hybridized carbons (Fsp3) is 0.167. The van der Waals surface area contributed by atoms with Gasteiger partial charge < -0.3 is 9.88 Å². The number of carbonyl (C=O) groups excluding carboxylic acids is 1. The van der Waals surface area contributed by atoms with Gasteiger partial charge in [-0.25, -0.2) is 4.98 Å². The Bertz CT molecular complexity index is 2170. The van der Waals surface area contributed by atoms with Gasteiger partial charge in [0.15, 0.2) is 0 Å². The molecule has 4 aromatic carbocycles. The van der Waals surface area contributed by atoms with Gasteiger partial charge in [-0.2, -0.15) is 0 Å². The Morgan fingerprint density at radius 3 is 2.23 bits per heavy atom. The smallest absolute Gasteiger partial charge is 0.233 e. The molecule has 0 aliphatic rings. The third-order valence-corrected chi connectivity index (χ3v) is 9.46. The summed E-state index contributed by atoms with van der Waals surface area (Å²) in [5.41, 5.74) is 9.13. The van der Waals surface area contributed by atoms with Crippen LogP contribution in [0.25, 0.3) is 44.2 Å². The number of fused-ring (bicyclic) bond motifs is 3. The molecule has 0 atom stereocenters. The summed E-state index contributed by atoms with van der Waals surface area (Å²) < 4.78 is 0. The Morgan fingerprint density at radius 1 is 0.792 bits per heavy atom. The van der Waals surface area contributed by atoms with Gasteiger partial charge in [-0.1, -0.05) is 93.6 Å². The number of aromatic nitrogens is 3. The van der Waals surface area contributed by atoms with Gasteiger partial charge in [0.05, 0.1) is 6.42 Å². The van der Waals surface area contributed by atoms with Crippen molar-refractivity contribution in [2.45, 2.75) is 37.8 Å². The van der Waals surface area contributed by atoms with Gasteiger partial charge in [0.25, 0.3) is 0 Å². The molecule has 0 aliphatic heterocycles. The zero-order valence-electron chi connectivity index (χ0n) is 27.5.